The quantitative estimate of drug-likeness (QED) is 0.416. The van der Waals surface area contributed by atoms with E-state index in [1.54, 1.807) is 6.92 Å². The van der Waals surface area contributed by atoms with Gasteiger partial charge in [0.2, 0.25) is 0 Å². The number of benzene rings is 1. The third-order valence-corrected chi connectivity index (χ3v) is 6.44. The Morgan fingerprint density at radius 2 is 1.92 bits per heavy atom. The third-order valence-electron chi connectivity index (χ3n) is 6.44. The standard InChI is InChI=1S/C25H25F3N6O2/c1-13-4-5-17(8-14(13)2)22-30-24(36)20-9-18(12-34(20)32-22)23(35)29-15(3)11-33-19(16-6-7-16)10-21(31-33)25(26,27)28/h4-5,8-10,12,15-16H,6-7,11H2,1-3H3,(H,29,35)(H,30,32,36). The highest BCUT2D eigenvalue weighted by Crippen LogP contribution is 2.42. The molecule has 0 saturated heterocycles. The average molecular weight is 499 g/mol. The molecule has 3 heterocycles. The average Bonchev–Trinajstić information content (AvgIpc) is 3.39. The molecule has 0 radical (unpaired) electrons. The number of H-pyrrole nitrogens is 1. The normalized spacial score (nSPS) is 14.8. The highest BCUT2D eigenvalue weighted by atomic mass is 19.4. The minimum Gasteiger partial charge on any atom is -0.348 e. The highest BCUT2D eigenvalue weighted by molar-refractivity contribution is 5.95. The minimum absolute atomic E-state index is 0.0672. The van der Waals surface area contributed by atoms with Gasteiger partial charge in [0.05, 0.1) is 12.1 Å². The summed E-state index contributed by atoms with van der Waals surface area (Å²) in [6.07, 6.45) is -1.41. The minimum atomic E-state index is -4.52. The van der Waals surface area contributed by atoms with Crippen molar-refractivity contribution in [3.63, 3.8) is 0 Å². The van der Waals surface area contributed by atoms with E-state index in [0.717, 1.165) is 35.6 Å². The van der Waals surface area contributed by atoms with Crippen LogP contribution >= 0.6 is 0 Å². The number of hydrogen-bond acceptors (Lipinski definition) is 4. The van der Waals surface area contributed by atoms with Crippen LogP contribution in [0.5, 0.6) is 0 Å². The molecule has 4 aromatic rings. The first-order valence-electron chi connectivity index (χ1n) is 11.7. The third kappa shape index (κ3) is 4.65. The summed E-state index contributed by atoms with van der Waals surface area (Å²) in [5.41, 5.74) is 2.56. The molecule has 0 spiro atoms. The maximum absolute atomic E-state index is 13.2. The van der Waals surface area contributed by atoms with Gasteiger partial charge in [0.15, 0.2) is 11.5 Å². The molecule has 1 aliphatic rings. The van der Waals surface area contributed by atoms with Crippen LogP contribution in [0, 0.1) is 13.8 Å². The van der Waals surface area contributed by atoms with Crippen LogP contribution in [-0.4, -0.2) is 36.3 Å². The number of carbonyl (C=O) groups is 1. The number of rotatable bonds is 6. The maximum atomic E-state index is 13.2. The van der Waals surface area contributed by atoms with Crippen molar-refractivity contribution >= 4 is 11.4 Å². The molecule has 1 atom stereocenters. The fraction of sp³-hybridized carbons (Fsp3) is 0.360. The fourth-order valence-corrected chi connectivity index (χ4v) is 4.19. The maximum Gasteiger partial charge on any atom is 0.435 e. The van der Waals surface area contributed by atoms with Crippen LogP contribution in [-0.2, 0) is 12.7 Å². The van der Waals surface area contributed by atoms with Crippen LogP contribution in [0.2, 0.25) is 0 Å². The molecule has 2 N–H and O–H groups in total. The second-order valence-electron chi connectivity index (χ2n) is 9.44. The fourth-order valence-electron chi connectivity index (χ4n) is 4.19. The molecule has 0 aliphatic heterocycles. The molecule has 36 heavy (non-hydrogen) atoms. The van der Waals surface area contributed by atoms with Gasteiger partial charge in [-0.15, -0.1) is 5.10 Å². The molecule has 3 aromatic heterocycles. The Balaban J connectivity index is 1.35. The summed E-state index contributed by atoms with van der Waals surface area (Å²) >= 11 is 0. The van der Waals surface area contributed by atoms with Crippen LogP contribution in [0.4, 0.5) is 13.2 Å². The smallest absolute Gasteiger partial charge is 0.348 e. The summed E-state index contributed by atoms with van der Waals surface area (Å²) in [7, 11) is 0. The summed E-state index contributed by atoms with van der Waals surface area (Å²) in [6.45, 7) is 5.75. The number of carbonyl (C=O) groups excluding carboxylic acids is 1. The van der Waals surface area contributed by atoms with E-state index in [4.69, 9.17) is 0 Å². The van der Waals surface area contributed by atoms with Crippen molar-refractivity contribution < 1.29 is 18.0 Å². The molecule has 1 aliphatic carbocycles. The molecule has 5 rings (SSSR count). The first-order valence-corrected chi connectivity index (χ1v) is 11.7. The van der Waals surface area contributed by atoms with Gasteiger partial charge >= 0.3 is 6.18 Å². The Kier molecular flexibility index (Phi) is 5.73. The number of alkyl halides is 3. The molecule has 1 amide bonds. The van der Waals surface area contributed by atoms with Gasteiger partial charge in [-0.1, -0.05) is 12.1 Å². The molecule has 1 aromatic carbocycles. The van der Waals surface area contributed by atoms with Gasteiger partial charge in [-0.3, -0.25) is 14.3 Å². The number of amides is 1. The van der Waals surface area contributed by atoms with Crippen LogP contribution in [0.25, 0.3) is 16.9 Å². The van der Waals surface area contributed by atoms with Crippen molar-refractivity contribution in [2.45, 2.75) is 58.3 Å². The largest absolute Gasteiger partial charge is 0.435 e. The number of halogens is 3. The molecule has 8 nitrogen and oxygen atoms in total. The topological polar surface area (TPSA) is 97.1 Å². The summed E-state index contributed by atoms with van der Waals surface area (Å²) < 4.78 is 42.2. The predicted molar refractivity (Wildman–Crippen MR) is 127 cm³/mol. The van der Waals surface area contributed by atoms with Crippen molar-refractivity contribution in [1.29, 1.82) is 0 Å². The molecule has 188 valence electrons. The first-order chi connectivity index (χ1) is 17.0. The Morgan fingerprint density at radius 3 is 2.58 bits per heavy atom. The lowest BCUT2D eigenvalue weighted by molar-refractivity contribution is -0.141. The molecule has 11 heteroatoms. The molecule has 1 fully saturated rings. The van der Waals surface area contributed by atoms with Crippen LogP contribution in [0.1, 0.15) is 58.6 Å². The first kappa shape index (κ1) is 23.8. The van der Waals surface area contributed by atoms with Gasteiger partial charge in [0, 0.05) is 29.4 Å². The van der Waals surface area contributed by atoms with Crippen LogP contribution in [0.15, 0.2) is 41.3 Å². The zero-order valence-corrected chi connectivity index (χ0v) is 20.0. The number of nitrogens with one attached hydrogen (secondary N) is 2. The van der Waals surface area contributed by atoms with Crippen molar-refractivity contribution in [2.24, 2.45) is 0 Å². The highest BCUT2D eigenvalue weighted by Gasteiger charge is 2.38. The van der Waals surface area contributed by atoms with E-state index in [9.17, 15) is 22.8 Å². The van der Waals surface area contributed by atoms with E-state index in [-0.39, 0.29) is 23.5 Å². The lowest BCUT2D eigenvalue weighted by Crippen LogP contribution is -2.36. The second-order valence-corrected chi connectivity index (χ2v) is 9.44. The number of hydrogen-bond donors (Lipinski definition) is 2. The predicted octanol–water partition coefficient (Wildman–Crippen LogP) is 4.22. The number of fused-ring (bicyclic) bond motifs is 1. The molecule has 1 saturated carbocycles. The lowest BCUT2D eigenvalue weighted by atomic mass is 10.1. The lowest BCUT2D eigenvalue weighted by Gasteiger charge is -2.15. The van der Waals surface area contributed by atoms with Gasteiger partial charge in [-0.05, 0) is 62.9 Å². The Bertz CT molecular complexity index is 1530. The summed E-state index contributed by atoms with van der Waals surface area (Å²) in [5, 5.41) is 11.0. The van der Waals surface area contributed by atoms with E-state index < -0.39 is 29.4 Å². The van der Waals surface area contributed by atoms with E-state index in [2.05, 4.69) is 20.5 Å². The van der Waals surface area contributed by atoms with Crippen LogP contribution in [0.3, 0.4) is 0 Å². The SMILES string of the molecule is Cc1ccc(-c2nn3cc(C(=O)NC(C)Cn4nc(C(F)(F)F)cc4C4CC4)cc3c(=O)[nH]2)cc1C. The number of aromatic nitrogens is 5. The van der Waals surface area contributed by atoms with Crippen molar-refractivity contribution in [1.82, 2.24) is 29.7 Å². The van der Waals surface area contributed by atoms with Gasteiger partial charge in [-0.25, -0.2) is 4.52 Å². The molecular formula is C25H25F3N6O2. The van der Waals surface area contributed by atoms with Crippen LogP contribution < -0.4 is 10.9 Å². The van der Waals surface area contributed by atoms with E-state index >= 15 is 0 Å². The van der Waals surface area contributed by atoms with Crippen molar-refractivity contribution in [3.05, 3.63) is 75.0 Å². The monoisotopic (exact) mass is 498 g/mol. The molecule has 0 bridgehead atoms. The second kappa shape index (κ2) is 8.65. The van der Waals surface area contributed by atoms with E-state index in [1.807, 2.05) is 32.0 Å². The molecular weight excluding hydrogens is 473 g/mol. The number of aromatic amines is 1. The van der Waals surface area contributed by atoms with Gasteiger partial charge < -0.3 is 10.3 Å². The summed E-state index contributed by atoms with van der Waals surface area (Å²) in [4.78, 5) is 28.3. The zero-order valence-electron chi connectivity index (χ0n) is 20.0. The van der Waals surface area contributed by atoms with Gasteiger partial charge in [0.25, 0.3) is 11.5 Å². The Labute approximate surface area is 204 Å². The Hall–Kier alpha value is -3.89. The van der Waals surface area contributed by atoms with E-state index in [0.29, 0.717) is 11.5 Å². The van der Waals surface area contributed by atoms with E-state index in [1.165, 1.54) is 21.5 Å². The number of nitrogens with zero attached hydrogens (tertiary/aromatic N) is 4. The van der Waals surface area contributed by atoms with Crippen molar-refractivity contribution in [3.8, 4) is 11.4 Å². The van der Waals surface area contributed by atoms with Gasteiger partial charge in [0.1, 0.15) is 5.52 Å². The van der Waals surface area contributed by atoms with Crippen molar-refractivity contribution in [2.75, 3.05) is 0 Å². The summed E-state index contributed by atoms with van der Waals surface area (Å²) in [6, 6.07) is 7.75. The number of aryl methyl sites for hydroxylation is 2. The van der Waals surface area contributed by atoms with Gasteiger partial charge in [-0.2, -0.15) is 18.3 Å². The molecule has 1 unspecified atom stereocenters. The zero-order chi connectivity index (χ0) is 25.8. The Morgan fingerprint density at radius 1 is 1.17 bits per heavy atom. The summed E-state index contributed by atoms with van der Waals surface area (Å²) in [5.74, 6) is -0.0211.